The molecule has 0 aliphatic carbocycles. The second-order valence-electron chi connectivity index (χ2n) is 5.52. The average Bonchev–Trinajstić information content (AvgIpc) is 2.93. The first-order valence-corrected chi connectivity index (χ1v) is 8.01. The van der Waals surface area contributed by atoms with Gasteiger partial charge in [0.1, 0.15) is 12.4 Å². The van der Waals surface area contributed by atoms with E-state index in [0.29, 0.717) is 12.2 Å². The van der Waals surface area contributed by atoms with Gasteiger partial charge in [0.25, 0.3) is 0 Å². The highest BCUT2D eigenvalue weighted by atomic mass is 16.5. The van der Waals surface area contributed by atoms with Crippen molar-refractivity contribution in [2.45, 2.75) is 65.5 Å². The van der Waals surface area contributed by atoms with E-state index in [-0.39, 0.29) is 5.97 Å². The molecule has 1 heterocycles. The molecule has 4 heteroatoms. The van der Waals surface area contributed by atoms with Crippen molar-refractivity contribution in [3.05, 3.63) is 30.9 Å². The molecule has 0 amide bonds. The third kappa shape index (κ3) is 7.69. The van der Waals surface area contributed by atoms with Crippen LogP contribution >= 0.6 is 0 Å². The Morgan fingerprint density at radius 2 is 1.86 bits per heavy atom. The van der Waals surface area contributed by atoms with E-state index >= 15 is 0 Å². The fourth-order valence-corrected chi connectivity index (χ4v) is 2.15. The number of unbranched alkanes of at least 4 members (excludes halogenated alkanes) is 5. The van der Waals surface area contributed by atoms with E-state index in [9.17, 15) is 4.79 Å². The van der Waals surface area contributed by atoms with E-state index in [2.05, 4.69) is 41.4 Å². The predicted molar refractivity (Wildman–Crippen MR) is 83.8 cm³/mol. The molecule has 1 aromatic heterocycles. The highest BCUT2D eigenvalue weighted by Gasteiger charge is 2.02. The van der Waals surface area contributed by atoms with Crippen molar-refractivity contribution in [2.75, 3.05) is 6.61 Å². The Kier molecular flexibility index (Phi) is 8.48. The number of aromatic nitrogens is 2. The first kappa shape index (κ1) is 17.5. The SMILES string of the molecule is C=C(C)C(=O)OCCCCCCCC[n+]1ccn(CC)c1. The van der Waals surface area contributed by atoms with Crippen molar-refractivity contribution in [1.82, 2.24) is 4.57 Å². The number of hydrogen-bond donors (Lipinski definition) is 0. The van der Waals surface area contributed by atoms with Gasteiger partial charge in [0, 0.05) is 5.57 Å². The summed E-state index contributed by atoms with van der Waals surface area (Å²) < 4.78 is 9.50. The normalized spacial score (nSPS) is 10.6. The van der Waals surface area contributed by atoms with Crippen LogP contribution < -0.4 is 4.57 Å². The summed E-state index contributed by atoms with van der Waals surface area (Å²) in [4.78, 5) is 11.1. The Bertz CT molecular complexity index is 438. The minimum atomic E-state index is -0.272. The van der Waals surface area contributed by atoms with E-state index in [4.69, 9.17) is 4.74 Å². The van der Waals surface area contributed by atoms with Gasteiger partial charge >= 0.3 is 5.97 Å². The summed E-state index contributed by atoms with van der Waals surface area (Å²) in [7, 11) is 0. The molecule has 0 N–H and O–H groups in total. The number of imidazole rings is 1. The van der Waals surface area contributed by atoms with Gasteiger partial charge in [-0.1, -0.05) is 25.8 Å². The smallest absolute Gasteiger partial charge is 0.333 e. The maximum atomic E-state index is 11.1. The molecule has 1 aromatic rings. The molecular weight excluding hydrogens is 264 g/mol. The summed E-state index contributed by atoms with van der Waals surface area (Å²) in [5.74, 6) is -0.272. The Morgan fingerprint density at radius 3 is 2.48 bits per heavy atom. The third-order valence-corrected chi connectivity index (χ3v) is 3.50. The maximum Gasteiger partial charge on any atom is 0.333 e. The van der Waals surface area contributed by atoms with Crippen LogP contribution in [0.1, 0.15) is 52.4 Å². The van der Waals surface area contributed by atoms with Crippen molar-refractivity contribution in [3.8, 4) is 0 Å². The molecule has 0 saturated heterocycles. The van der Waals surface area contributed by atoms with Gasteiger partial charge in [-0.2, -0.15) is 0 Å². The van der Waals surface area contributed by atoms with Crippen molar-refractivity contribution < 1.29 is 14.1 Å². The molecule has 0 aliphatic rings. The highest BCUT2D eigenvalue weighted by molar-refractivity contribution is 5.86. The van der Waals surface area contributed by atoms with Crippen molar-refractivity contribution in [1.29, 1.82) is 0 Å². The molecule has 0 fully saturated rings. The van der Waals surface area contributed by atoms with Crippen LogP contribution in [0.5, 0.6) is 0 Å². The molecule has 21 heavy (non-hydrogen) atoms. The van der Waals surface area contributed by atoms with Gasteiger partial charge in [-0.3, -0.25) is 0 Å². The Labute approximate surface area is 128 Å². The van der Waals surface area contributed by atoms with Crippen molar-refractivity contribution >= 4 is 5.97 Å². The van der Waals surface area contributed by atoms with E-state index < -0.39 is 0 Å². The largest absolute Gasteiger partial charge is 0.462 e. The molecule has 0 saturated carbocycles. The van der Waals surface area contributed by atoms with Gasteiger partial charge < -0.3 is 4.74 Å². The molecule has 1 rings (SSSR count). The summed E-state index contributed by atoms with van der Waals surface area (Å²) in [6.45, 7) is 10.0. The quantitative estimate of drug-likeness (QED) is 0.272. The zero-order valence-electron chi connectivity index (χ0n) is 13.5. The van der Waals surface area contributed by atoms with Gasteiger partial charge in [0.2, 0.25) is 6.33 Å². The second kappa shape index (κ2) is 10.2. The lowest BCUT2D eigenvalue weighted by Crippen LogP contribution is -2.30. The van der Waals surface area contributed by atoms with Gasteiger partial charge in [0.15, 0.2) is 0 Å². The lowest BCUT2D eigenvalue weighted by Gasteiger charge is -2.04. The Balaban J connectivity index is 1.91. The van der Waals surface area contributed by atoms with E-state index in [1.807, 2.05) is 0 Å². The minimum absolute atomic E-state index is 0.272. The standard InChI is InChI=1S/C17H29N2O2/c1-4-18-12-13-19(15-18)11-9-7-5-6-8-10-14-21-17(20)16(2)3/h12-13,15H,2,4-11,14H2,1,3H3/q+1. The van der Waals surface area contributed by atoms with Crippen LogP contribution in [0.3, 0.4) is 0 Å². The molecule has 0 aromatic carbocycles. The number of hydrogen-bond acceptors (Lipinski definition) is 2. The number of esters is 1. The maximum absolute atomic E-state index is 11.1. The number of carbonyl (C=O) groups is 1. The van der Waals surface area contributed by atoms with Gasteiger partial charge in [-0.05, 0) is 33.1 Å². The average molecular weight is 293 g/mol. The molecule has 4 nitrogen and oxygen atoms in total. The van der Waals surface area contributed by atoms with E-state index in [1.165, 1.54) is 25.7 Å². The molecular formula is C17H29N2O2+. The lowest BCUT2D eigenvalue weighted by atomic mass is 10.1. The first-order chi connectivity index (χ1) is 10.1. The number of nitrogens with zero attached hydrogens (tertiary/aromatic N) is 2. The Morgan fingerprint density at radius 1 is 1.19 bits per heavy atom. The summed E-state index contributed by atoms with van der Waals surface area (Å²) >= 11 is 0. The molecule has 0 bridgehead atoms. The third-order valence-electron chi connectivity index (χ3n) is 3.50. The zero-order chi connectivity index (χ0) is 15.5. The number of carbonyl (C=O) groups excluding carboxylic acids is 1. The summed E-state index contributed by atoms with van der Waals surface area (Å²) in [5.41, 5.74) is 0.476. The van der Waals surface area contributed by atoms with E-state index in [1.54, 1.807) is 6.92 Å². The van der Waals surface area contributed by atoms with Crippen LogP contribution in [-0.2, 0) is 22.6 Å². The van der Waals surface area contributed by atoms with Crippen LogP contribution in [0, 0.1) is 0 Å². The second-order valence-corrected chi connectivity index (χ2v) is 5.52. The van der Waals surface area contributed by atoms with Crippen LogP contribution in [0.25, 0.3) is 0 Å². The molecule has 0 aliphatic heterocycles. The van der Waals surface area contributed by atoms with Gasteiger partial charge in [0.05, 0.1) is 19.7 Å². The number of ether oxygens (including phenoxy) is 1. The topological polar surface area (TPSA) is 35.1 Å². The zero-order valence-corrected chi connectivity index (χ0v) is 13.5. The lowest BCUT2D eigenvalue weighted by molar-refractivity contribution is -0.696. The summed E-state index contributed by atoms with van der Waals surface area (Å²) in [5, 5.41) is 0. The summed E-state index contributed by atoms with van der Waals surface area (Å²) in [6, 6.07) is 0. The molecule has 0 radical (unpaired) electrons. The molecule has 0 spiro atoms. The van der Waals surface area contributed by atoms with Crippen LogP contribution in [0.15, 0.2) is 30.9 Å². The number of aryl methyl sites for hydroxylation is 2. The van der Waals surface area contributed by atoms with Crippen molar-refractivity contribution in [2.24, 2.45) is 0 Å². The monoisotopic (exact) mass is 293 g/mol. The van der Waals surface area contributed by atoms with Crippen LogP contribution in [-0.4, -0.2) is 17.1 Å². The fourth-order valence-electron chi connectivity index (χ4n) is 2.15. The first-order valence-electron chi connectivity index (χ1n) is 8.01. The molecule has 0 atom stereocenters. The summed E-state index contributed by atoms with van der Waals surface area (Å²) in [6.07, 6.45) is 13.4. The fraction of sp³-hybridized carbons (Fsp3) is 0.647. The Hall–Kier alpha value is -1.58. The minimum Gasteiger partial charge on any atom is -0.462 e. The predicted octanol–water partition coefficient (Wildman–Crippen LogP) is 3.26. The van der Waals surface area contributed by atoms with E-state index in [0.717, 1.165) is 25.9 Å². The van der Waals surface area contributed by atoms with Crippen molar-refractivity contribution in [3.63, 3.8) is 0 Å². The van der Waals surface area contributed by atoms with Crippen LogP contribution in [0.2, 0.25) is 0 Å². The molecule has 118 valence electrons. The van der Waals surface area contributed by atoms with Gasteiger partial charge in [-0.15, -0.1) is 0 Å². The van der Waals surface area contributed by atoms with Gasteiger partial charge in [-0.25, -0.2) is 13.9 Å². The highest BCUT2D eigenvalue weighted by Crippen LogP contribution is 2.06. The van der Waals surface area contributed by atoms with Crippen LogP contribution in [0.4, 0.5) is 0 Å². The molecule has 0 unspecified atom stereocenters. The number of rotatable bonds is 11.